The van der Waals surface area contributed by atoms with Gasteiger partial charge in [-0.25, -0.2) is 4.39 Å². The summed E-state index contributed by atoms with van der Waals surface area (Å²) in [6, 6.07) is 0.239. The molecule has 1 aromatic carbocycles. The SMILES string of the molecule is COc1c(CN2CC[C@@H](F)C2)cc(O)c2c1C[C@H]1C[C@H]3[C@H](N(C)C)C(=O)C(C(N)=O)=C(O)[C@@]3(O)C(=O)C1=C2O. The molecule has 4 aliphatic rings. The average molecular weight is 546 g/mol. The molecule has 1 heterocycles. The number of amides is 1. The van der Waals surface area contributed by atoms with Gasteiger partial charge < -0.3 is 30.9 Å². The topological polar surface area (TPSA) is 174 Å². The maximum absolute atomic E-state index is 13.9. The number of primary amides is 1. The molecule has 11 nitrogen and oxygen atoms in total. The van der Waals surface area contributed by atoms with E-state index in [1.807, 2.05) is 4.90 Å². The van der Waals surface area contributed by atoms with E-state index in [1.165, 1.54) is 18.1 Å². The highest BCUT2D eigenvalue weighted by Crippen LogP contribution is 2.54. The van der Waals surface area contributed by atoms with Crippen molar-refractivity contribution in [3.05, 3.63) is 39.7 Å². The number of methoxy groups -OCH3 is 1. The van der Waals surface area contributed by atoms with E-state index in [1.54, 1.807) is 14.1 Å². The van der Waals surface area contributed by atoms with Gasteiger partial charge in [-0.3, -0.25) is 24.2 Å². The first-order valence-corrected chi connectivity index (χ1v) is 12.8. The van der Waals surface area contributed by atoms with Crippen molar-refractivity contribution in [1.29, 1.82) is 0 Å². The molecule has 1 saturated heterocycles. The average Bonchev–Trinajstić information content (AvgIpc) is 3.25. The number of alkyl halides is 1. The Bertz CT molecular complexity index is 1350. The molecule has 5 rings (SSSR count). The monoisotopic (exact) mass is 545 g/mol. The molecule has 12 heteroatoms. The number of likely N-dealkylation sites (N-methyl/N-ethyl adjacent to an activating group) is 1. The van der Waals surface area contributed by atoms with Crippen molar-refractivity contribution < 1.29 is 43.9 Å². The minimum Gasteiger partial charge on any atom is -0.508 e. The molecule has 1 aromatic rings. The van der Waals surface area contributed by atoms with E-state index in [4.69, 9.17) is 10.5 Å². The van der Waals surface area contributed by atoms with E-state index < -0.39 is 64.2 Å². The van der Waals surface area contributed by atoms with E-state index in [0.29, 0.717) is 36.4 Å². The third kappa shape index (κ3) is 3.84. The van der Waals surface area contributed by atoms with Crippen LogP contribution in [0, 0.1) is 11.8 Å². The lowest BCUT2D eigenvalue weighted by atomic mass is 9.57. The number of ketones is 2. The quantitative estimate of drug-likeness (QED) is 0.328. The van der Waals surface area contributed by atoms with Gasteiger partial charge >= 0.3 is 0 Å². The molecule has 6 N–H and O–H groups in total. The minimum absolute atomic E-state index is 0.0183. The number of phenolic OH excluding ortho intramolecular Hbond substituents is 1. The number of aliphatic hydroxyl groups excluding tert-OH is 2. The normalized spacial score (nSPS) is 30.9. The number of carbonyl (C=O) groups excluding carboxylic acids is 3. The molecule has 39 heavy (non-hydrogen) atoms. The zero-order valence-corrected chi connectivity index (χ0v) is 21.9. The van der Waals surface area contributed by atoms with Gasteiger partial charge in [0.2, 0.25) is 5.78 Å². The summed E-state index contributed by atoms with van der Waals surface area (Å²) in [5.41, 5.74) is 2.54. The third-order valence-electron chi connectivity index (χ3n) is 8.56. The second-order valence-corrected chi connectivity index (χ2v) is 11.0. The van der Waals surface area contributed by atoms with Gasteiger partial charge in [-0.05, 0) is 45.3 Å². The van der Waals surface area contributed by atoms with Crippen LogP contribution in [-0.2, 0) is 27.3 Å². The Balaban J connectivity index is 1.66. The van der Waals surface area contributed by atoms with Crippen LogP contribution >= 0.6 is 0 Å². The Kier molecular flexibility index (Phi) is 6.47. The largest absolute Gasteiger partial charge is 0.508 e. The number of carbonyl (C=O) groups is 3. The Morgan fingerprint density at radius 2 is 1.97 bits per heavy atom. The summed E-state index contributed by atoms with van der Waals surface area (Å²) in [7, 11) is 4.53. The number of fused-ring (bicyclic) bond motifs is 3. The van der Waals surface area contributed by atoms with Gasteiger partial charge in [-0.1, -0.05) is 0 Å². The Labute approximate surface area is 223 Å². The highest BCUT2D eigenvalue weighted by Gasteiger charge is 2.64. The minimum atomic E-state index is -2.69. The van der Waals surface area contributed by atoms with E-state index in [-0.39, 0.29) is 36.3 Å². The smallest absolute Gasteiger partial charge is 0.255 e. The fraction of sp³-hybridized carbons (Fsp3) is 0.519. The number of nitrogens with two attached hydrogens (primary N) is 1. The zero-order valence-electron chi connectivity index (χ0n) is 21.9. The van der Waals surface area contributed by atoms with Crippen molar-refractivity contribution in [2.45, 2.75) is 43.6 Å². The predicted octanol–water partition coefficient (Wildman–Crippen LogP) is 0.516. The molecular weight excluding hydrogens is 513 g/mol. The molecule has 1 amide bonds. The van der Waals surface area contributed by atoms with Gasteiger partial charge in [0.05, 0.1) is 18.7 Å². The van der Waals surface area contributed by atoms with Gasteiger partial charge in [0.15, 0.2) is 11.4 Å². The van der Waals surface area contributed by atoms with Crippen molar-refractivity contribution in [3.63, 3.8) is 0 Å². The molecule has 2 fully saturated rings. The summed E-state index contributed by atoms with van der Waals surface area (Å²) in [5.74, 6) is -6.71. The molecule has 0 radical (unpaired) electrons. The van der Waals surface area contributed by atoms with Crippen molar-refractivity contribution in [2.24, 2.45) is 17.6 Å². The number of phenols is 1. The first-order valence-electron chi connectivity index (χ1n) is 12.8. The number of hydrogen-bond acceptors (Lipinski definition) is 10. The van der Waals surface area contributed by atoms with Gasteiger partial charge in [-0.2, -0.15) is 0 Å². The second kappa shape index (κ2) is 9.32. The number of nitrogens with zero attached hydrogens (tertiary/aromatic N) is 2. The van der Waals surface area contributed by atoms with Gasteiger partial charge in [-0.15, -0.1) is 0 Å². The van der Waals surface area contributed by atoms with Crippen LogP contribution in [0.4, 0.5) is 4.39 Å². The van der Waals surface area contributed by atoms with Crippen molar-refractivity contribution >= 4 is 23.2 Å². The molecule has 1 saturated carbocycles. The first-order chi connectivity index (χ1) is 18.3. The summed E-state index contributed by atoms with van der Waals surface area (Å²) in [4.78, 5) is 42.5. The predicted molar refractivity (Wildman–Crippen MR) is 136 cm³/mol. The molecule has 5 atom stereocenters. The van der Waals surface area contributed by atoms with Crippen LogP contribution in [0.5, 0.6) is 11.5 Å². The summed E-state index contributed by atoms with van der Waals surface area (Å²) < 4.78 is 19.5. The van der Waals surface area contributed by atoms with Gasteiger partial charge in [0, 0.05) is 42.3 Å². The van der Waals surface area contributed by atoms with E-state index in [9.17, 15) is 39.2 Å². The Hall–Kier alpha value is -3.48. The van der Waals surface area contributed by atoms with Gasteiger partial charge in [0.25, 0.3) is 5.91 Å². The number of hydrogen-bond donors (Lipinski definition) is 5. The number of halogens is 1. The van der Waals surface area contributed by atoms with Crippen LogP contribution in [0.1, 0.15) is 29.5 Å². The van der Waals surface area contributed by atoms with Crippen LogP contribution in [0.15, 0.2) is 23.0 Å². The number of benzene rings is 1. The maximum Gasteiger partial charge on any atom is 0.255 e. The second-order valence-electron chi connectivity index (χ2n) is 11.0. The molecule has 0 bridgehead atoms. The molecular formula is C27H32FN3O8. The molecule has 3 aliphatic carbocycles. The highest BCUT2D eigenvalue weighted by molar-refractivity contribution is 6.24. The lowest BCUT2D eigenvalue weighted by Crippen LogP contribution is -2.65. The standard InChI is InChI=1S/C27H32FN3O8/c1-30(2)20-15-7-11-6-14-18(16(32)8-12(23(14)39-3)9-31-5-4-13(28)10-31)21(33)17(11)24(35)27(15,38)25(36)19(22(20)34)26(29)37/h8,11,13,15,20,32-33,36,38H,4-7,9-10H2,1-3H3,(H2,29,37)/t11-,13+,15-,20-,27-/m0/s1. The number of rotatable bonds is 5. The van der Waals surface area contributed by atoms with Crippen molar-refractivity contribution in [1.82, 2.24) is 9.80 Å². The molecule has 210 valence electrons. The third-order valence-corrected chi connectivity index (χ3v) is 8.56. The lowest BCUT2D eigenvalue weighted by Gasteiger charge is -2.50. The molecule has 0 spiro atoms. The van der Waals surface area contributed by atoms with Gasteiger partial charge in [0.1, 0.15) is 34.8 Å². The fourth-order valence-corrected chi connectivity index (χ4v) is 6.90. The lowest BCUT2D eigenvalue weighted by molar-refractivity contribution is -0.153. The molecule has 0 aromatic heterocycles. The fourth-order valence-electron chi connectivity index (χ4n) is 6.90. The number of Topliss-reactive ketones (excluding diaryl/α,β-unsaturated/α-hetero) is 2. The van der Waals surface area contributed by atoms with Crippen molar-refractivity contribution in [3.8, 4) is 11.5 Å². The Morgan fingerprint density at radius 1 is 1.28 bits per heavy atom. The van der Waals surface area contributed by atoms with E-state index in [0.717, 1.165) is 0 Å². The number of aliphatic hydroxyl groups is 3. The van der Waals surface area contributed by atoms with E-state index >= 15 is 0 Å². The van der Waals surface area contributed by atoms with Crippen LogP contribution in [0.25, 0.3) is 5.76 Å². The van der Waals surface area contributed by atoms with Crippen molar-refractivity contribution in [2.75, 3.05) is 34.3 Å². The number of aromatic hydroxyl groups is 1. The number of likely N-dealkylation sites (tertiary alicyclic amines) is 1. The van der Waals surface area contributed by atoms with Crippen LogP contribution in [-0.4, -0.2) is 99.8 Å². The van der Waals surface area contributed by atoms with Crippen LogP contribution in [0.3, 0.4) is 0 Å². The number of ether oxygens (including phenoxy) is 1. The van der Waals surface area contributed by atoms with E-state index in [2.05, 4.69) is 0 Å². The first kappa shape index (κ1) is 27.1. The molecule has 1 aliphatic heterocycles. The zero-order chi connectivity index (χ0) is 28.5. The molecule has 0 unspecified atom stereocenters. The highest BCUT2D eigenvalue weighted by atomic mass is 19.1. The van der Waals surface area contributed by atoms with Crippen LogP contribution < -0.4 is 10.5 Å². The maximum atomic E-state index is 13.9. The summed E-state index contributed by atoms with van der Waals surface area (Å²) >= 11 is 0. The Morgan fingerprint density at radius 3 is 2.54 bits per heavy atom. The summed E-state index contributed by atoms with van der Waals surface area (Å²) in [6.45, 7) is 1.09. The van der Waals surface area contributed by atoms with Crippen LogP contribution in [0.2, 0.25) is 0 Å². The summed E-state index contributed by atoms with van der Waals surface area (Å²) in [6.07, 6.45) is -0.432. The summed E-state index contributed by atoms with van der Waals surface area (Å²) in [5, 5.41) is 44.9.